The number of rotatable bonds is 8. The standard InChI is InChI=1S/C26H26FN7O2/c1-16(2)29-24(35)15-36-20-10-7-17(8-11-20)25-31-26(34(33-25)23-6-4-3-5-21(23)27)30-19-9-12-22-18(13-19)14-28-32-22/h3-7,9-10,12-14,16H,8,11,15H2,1-2H3,(H,28,32)(H,29,35)(H,30,31,33). The summed E-state index contributed by atoms with van der Waals surface area (Å²) in [6.07, 6.45) is 6.67. The largest absolute Gasteiger partial charge is 0.488 e. The highest BCUT2D eigenvalue weighted by Gasteiger charge is 2.19. The molecule has 0 unspecified atom stereocenters. The molecule has 184 valence electrons. The molecular formula is C26H26FN7O2. The molecule has 4 aromatic rings. The van der Waals surface area contributed by atoms with Crippen LogP contribution in [0.4, 0.5) is 16.0 Å². The molecular weight excluding hydrogens is 461 g/mol. The van der Waals surface area contributed by atoms with Crippen molar-refractivity contribution in [3.8, 4) is 5.69 Å². The predicted molar refractivity (Wildman–Crippen MR) is 135 cm³/mol. The molecule has 0 aliphatic heterocycles. The van der Waals surface area contributed by atoms with Gasteiger partial charge in [0.05, 0.1) is 17.5 Å². The Hall–Kier alpha value is -4.47. The smallest absolute Gasteiger partial charge is 0.258 e. The molecule has 1 aliphatic rings. The van der Waals surface area contributed by atoms with Crippen LogP contribution in [0.5, 0.6) is 0 Å². The molecule has 0 bridgehead atoms. The number of benzene rings is 2. The zero-order valence-corrected chi connectivity index (χ0v) is 20.0. The van der Waals surface area contributed by atoms with E-state index in [9.17, 15) is 9.18 Å². The highest BCUT2D eigenvalue weighted by molar-refractivity contribution is 5.82. The third kappa shape index (κ3) is 5.12. The lowest BCUT2D eigenvalue weighted by Crippen LogP contribution is -2.33. The van der Waals surface area contributed by atoms with Gasteiger partial charge in [0.25, 0.3) is 5.91 Å². The van der Waals surface area contributed by atoms with E-state index in [0.717, 1.165) is 27.9 Å². The topological polar surface area (TPSA) is 110 Å². The highest BCUT2D eigenvalue weighted by atomic mass is 19.1. The van der Waals surface area contributed by atoms with Crippen LogP contribution in [0.25, 0.3) is 22.2 Å². The fourth-order valence-corrected chi connectivity index (χ4v) is 3.92. The van der Waals surface area contributed by atoms with E-state index in [0.29, 0.717) is 24.6 Å². The Morgan fingerprint density at radius 3 is 2.83 bits per heavy atom. The molecule has 10 heteroatoms. The van der Waals surface area contributed by atoms with Crippen LogP contribution in [0.2, 0.25) is 0 Å². The number of carbonyl (C=O) groups is 1. The molecule has 1 aliphatic carbocycles. The Kier molecular flexibility index (Phi) is 6.48. The van der Waals surface area contributed by atoms with Crippen molar-refractivity contribution in [2.24, 2.45) is 0 Å². The van der Waals surface area contributed by atoms with Gasteiger partial charge in [0, 0.05) is 23.5 Å². The summed E-state index contributed by atoms with van der Waals surface area (Å²) in [6, 6.07) is 12.2. The van der Waals surface area contributed by atoms with E-state index in [1.807, 2.05) is 44.2 Å². The number of fused-ring (bicyclic) bond motifs is 1. The van der Waals surface area contributed by atoms with E-state index in [1.54, 1.807) is 24.4 Å². The number of nitrogens with zero attached hydrogens (tertiary/aromatic N) is 4. The fraction of sp³-hybridized carbons (Fsp3) is 0.231. The number of anilines is 2. The molecule has 2 heterocycles. The molecule has 1 amide bonds. The van der Waals surface area contributed by atoms with Gasteiger partial charge in [-0.1, -0.05) is 18.2 Å². The van der Waals surface area contributed by atoms with Crippen LogP contribution < -0.4 is 10.6 Å². The second-order valence-corrected chi connectivity index (χ2v) is 8.76. The predicted octanol–water partition coefficient (Wildman–Crippen LogP) is 4.63. The number of nitrogens with one attached hydrogen (secondary N) is 3. The second-order valence-electron chi connectivity index (χ2n) is 8.76. The number of hydrogen-bond acceptors (Lipinski definition) is 6. The zero-order chi connectivity index (χ0) is 25.1. The van der Waals surface area contributed by atoms with Crippen molar-refractivity contribution in [2.75, 3.05) is 11.9 Å². The molecule has 2 aromatic carbocycles. The van der Waals surface area contributed by atoms with Gasteiger partial charge in [-0.2, -0.15) is 14.8 Å². The molecule has 9 nitrogen and oxygen atoms in total. The first kappa shape index (κ1) is 23.3. The molecule has 5 rings (SSSR count). The maximum absolute atomic E-state index is 14.7. The third-order valence-electron chi connectivity index (χ3n) is 5.62. The average Bonchev–Trinajstić information content (AvgIpc) is 3.50. The Morgan fingerprint density at radius 2 is 2.06 bits per heavy atom. The molecule has 0 fully saturated rings. The summed E-state index contributed by atoms with van der Waals surface area (Å²) >= 11 is 0. The maximum Gasteiger partial charge on any atom is 0.258 e. The van der Waals surface area contributed by atoms with E-state index >= 15 is 0 Å². The zero-order valence-electron chi connectivity index (χ0n) is 20.0. The number of halogens is 1. The summed E-state index contributed by atoms with van der Waals surface area (Å²) < 4.78 is 21.8. The number of H-pyrrole nitrogens is 1. The third-order valence-corrected chi connectivity index (χ3v) is 5.62. The van der Waals surface area contributed by atoms with Crippen molar-refractivity contribution in [1.82, 2.24) is 30.3 Å². The van der Waals surface area contributed by atoms with Gasteiger partial charge in [-0.25, -0.2) is 4.39 Å². The van der Waals surface area contributed by atoms with Crippen molar-refractivity contribution < 1.29 is 13.9 Å². The van der Waals surface area contributed by atoms with Gasteiger partial charge in [0.1, 0.15) is 11.5 Å². The second kappa shape index (κ2) is 10.0. The SMILES string of the molecule is CC(C)NC(=O)COC1=CC=C(c2nc(Nc3ccc4[nH]ncc4c3)n(-c3ccccc3F)n2)CC1. The van der Waals surface area contributed by atoms with Gasteiger partial charge in [-0.3, -0.25) is 9.89 Å². The highest BCUT2D eigenvalue weighted by Crippen LogP contribution is 2.29. The molecule has 36 heavy (non-hydrogen) atoms. The van der Waals surface area contributed by atoms with Crippen molar-refractivity contribution in [2.45, 2.75) is 32.7 Å². The lowest BCUT2D eigenvalue weighted by atomic mass is 10.0. The van der Waals surface area contributed by atoms with Gasteiger partial charge in [-0.05, 0) is 62.2 Å². The summed E-state index contributed by atoms with van der Waals surface area (Å²) in [7, 11) is 0. The van der Waals surface area contributed by atoms with Crippen molar-refractivity contribution >= 4 is 34.0 Å². The lowest BCUT2D eigenvalue weighted by Gasteiger charge is -2.15. The van der Waals surface area contributed by atoms with Crippen molar-refractivity contribution in [3.63, 3.8) is 0 Å². The van der Waals surface area contributed by atoms with Gasteiger partial charge >= 0.3 is 0 Å². The van der Waals surface area contributed by atoms with E-state index in [4.69, 9.17) is 9.72 Å². The Bertz CT molecular complexity index is 1470. The van der Waals surface area contributed by atoms with E-state index in [1.165, 1.54) is 10.7 Å². The Morgan fingerprint density at radius 1 is 1.19 bits per heavy atom. The normalized spacial score (nSPS) is 13.4. The molecule has 2 aromatic heterocycles. The van der Waals surface area contributed by atoms with E-state index in [2.05, 4.69) is 25.9 Å². The Balaban J connectivity index is 1.41. The first-order chi connectivity index (χ1) is 17.5. The van der Waals surface area contributed by atoms with Gasteiger partial charge in [0.2, 0.25) is 5.95 Å². The first-order valence-electron chi connectivity index (χ1n) is 11.7. The van der Waals surface area contributed by atoms with Crippen LogP contribution in [0.3, 0.4) is 0 Å². The fourth-order valence-electron chi connectivity index (χ4n) is 3.92. The molecule has 0 spiro atoms. The van der Waals surface area contributed by atoms with Crippen LogP contribution in [-0.2, 0) is 9.53 Å². The summed E-state index contributed by atoms with van der Waals surface area (Å²) in [6.45, 7) is 3.78. The van der Waals surface area contributed by atoms with Crippen LogP contribution >= 0.6 is 0 Å². The molecule has 0 radical (unpaired) electrons. The number of aromatic nitrogens is 5. The van der Waals surface area contributed by atoms with Crippen LogP contribution in [0.15, 0.2) is 66.6 Å². The molecule has 3 N–H and O–H groups in total. The quantitative estimate of drug-likeness (QED) is 0.334. The average molecular weight is 488 g/mol. The molecule has 0 saturated heterocycles. The van der Waals surface area contributed by atoms with E-state index in [-0.39, 0.29) is 24.2 Å². The number of carbonyl (C=O) groups excluding carboxylic acids is 1. The summed E-state index contributed by atoms with van der Waals surface area (Å²) in [4.78, 5) is 16.5. The minimum absolute atomic E-state index is 0.0254. The summed E-state index contributed by atoms with van der Waals surface area (Å²) in [5.41, 5.74) is 2.86. The van der Waals surface area contributed by atoms with Gasteiger partial charge in [-0.15, -0.1) is 5.10 Å². The Labute approximate surface area is 207 Å². The van der Waals surface area contributed by atoms with Crippen LogP contribution in [0, 0.1) is 5.82 Å². The molecule has 0 atom stereocenters. The van der Waals surface area contributed by atoms with Crippen molar-refractivity contribution in [1.29, 1.82) is 0 Å². The molecule has 0 saturated carbocycles. The number of aromatic amines is 1. The monoisotopic (exact) mass is 487 g/mol. The maximum atomic E-state index is 14.7. The minimum Gasteiger partial charge on any atom is -0.488 e. The lowest BCUT2D eigenvalue weighted by molar-refractivity contribution is -0.125. The summed E-state index contributed by atoms with van der Waals surface area (Å²) in [5, 5.41) is 18.6. The van der Waals surface area contributed by atoms with Gasteiger partial charge < -0.3 is 15.4 Å². The van der Waals surface area contributed by atoms with E-state index < -0.39 is 5.82 Å². The number of hydrogen-bond donors (Lipinski definition) is 3. The first-order valence-corrected chi connectivity index (χ1v) is 11.7. The number of para-hydroxylation sites is 1. The van der Waals surface area contributed by atoms with Crippen LogP contribution in [0.1, 0.15) is 32.5 Å². The summed E-state index contributed by atoms with van der Waals surface area (Å²) in [5.74, 6) is 1.02. The van der Waals surface area contributed by atoms with Gasteiger partial charge in [0.15, 0.2) is 12.4 Å². The minimum atomic E-state index is -0.407. The number of ether oxygens (including phenoxy) is 1. The van der Waals surface area contributed by atoms with Crippen LogP contribution in [-0.4, -0.2) is 43.5 Å². The number of amides is 1. The number of allylic oxidation sites excluding steroid dienone is 4. The van der Waals surface area contributed by atoms with Crippen molar-refractivity contribution in [3.05, 3.63) is 78.2 Å².